The molecule has 0 saturated heterocycles. The normalized spacial score (nSPS) is 12.0. The maximum atomic E-state index is 12.7. The number of aryl methyl sites for hydroxylation is 1. The molecule has 1 aromatic heterocycles. The van der Waals surface area contributed by atoms with Gasteiger partial charge in [0.1, 0.15) is 5.52 Å². The molecule has 1 heterocycles. The van der Waals surface area contributed by atoms with E-state index in [1.807, 2.05) is 0 Å². The summed E-state index contributed by atoms with van der Waals surface area (Å²) in [6, 6.07) is 1.46. The van der Waals surface area contributed by atoms with Crippen molar-refractivity contribution in [2.75, 3.05) is 0 Å². The molecule has 0 spiro atoms. The Morgan fingerprint density at radius 3 is 2.59 bits per heavy atom. The number of nitro benzene ring substituents is 1. The van der Waals surface area contributed by atoms with Crippen LogP contribution in [0.15, 0.2) is 12.1 Å². The second-order valence-electron chi connectivity index (χ2n) is 3.33. The van der Waals surface area contributed by atoms with Gasteiger partial charge < -0.3 is 0 Å². The summed E-state index contributed by atoms with van der Waals surface area (Å²) in [5.41, 5.74) is -2.23. The van der Waals surface area contributed by atoms with Crippen LogP contribution in [0.25, 0.3) is 11.0 Å². The Hall–Kier alpha value is -2.19. The van der Waals surface area contributed by atoms with Crippen molar-refractivity contribution in [2.45, 2.75) is 6.18 Å². The van der Waals surface area contributed by atoms with Crippen molar-refractivity contribution < 1.29 is 18.1 Å². The molecule has 0 fully saturated rings. The third-order valence-electron chi connectivity index (χ3n) is 2.22. The van der Waals surface area contributed by atoms with E-state index in [9.17, 15) is 23.3 Å². The molecule has 0 aliphatic rings. The summed E-state index contributed by atoms with van der Waals surface area (Å²) >= 11 is 0. The molecule has 2 rings (SSSR count). The van der Waals surface area contributed by atoms with Gasteiger partial charge in [0.25, 0.3) is 5.69 Å². The molecular weight excluding hydrogens is 241 g/mol. The van der Waals surface area contributed by atoms with E-state index >= 15 is 0 Å². The molecule has 1 aromatic carbocycles. The highest BCUT2D eigenvalue weighted by molar-refractivity contribution is 5.81. The molecule has 2 aromatic rings. The van der Waals surface area contributed by atoms with Crippen LogP contribution < -0.4 is 0 Å². The molecule has 0 bridgehead atoms. The van der Waals surface area contributed by atoms with Crippen molar-refractivity contribution in [3.05, 3.63) is 27.8 Å². The fourth-order valence-electron chi connectivity index (χ4n) is 1.44. The zero-order chi connectivity index (χ0) is 12.8. The van der Waals surface area contributed by atoms with Gasteiger partial charge in [0.05, 0.1) is 16.0 Å². The number of halogens is 3. The number of non-ortho nitro benzene ring substituents is 1. The number of hydrogen-bond donors (Lipinski definition) is 0. The summed E-state index contributed by atoms with van der Waals surface area (Å²) in [5.74, 6) is 0. The Morgan fingerprint density at radius 2 is 2.06 bits per heavy atom. The van der Waals surface area contributed by atoms with Gasteiger partial charge in [-0.05, 0) is 0 Å². The summed E-state index contributed by atoms with van der Waals surface area (Å²) < 4.78 is 39.1. The Morgan fingerprint density at radius 1 is 1.41 bits per heavy atom. The van der Waals surface area contributed by atoms with Crippen molar-refractivity contribution in [1.29, 1.82) is 0 Å². The van der Waals surface area contributed by atoms with Gasteiger partial charge in [0.15, 0.2) is 0 Å². The predicted octanol–water partition coefficient (Wildman–Crippen LogP) is 1.90. The standard InChI is InChI=1S/C8H5F3N4O2/c1-14-6-3-4(15(16)17)2-5(8(9,10)11)7(6)12-13-14/h2-3H,1H3. The molecule has 0 saturated carbocycles. The highest BCUT2D eigenvalue weighted by Gasteiger charge is 2.36. The van der Waals surface area contributed by atoms with Crippen molar-refractivity contribution >= 4 is 16.7 Å². The Kier molecular flexibility index (Phi) is 2.26. The van der Waals surface area contributed by atoms with Crippen LogP contribution >= 0.6 is 0 Å². The Balaban J connectivity index is 2.85. The minimum atomic E-state index is -4.71. The van der Waals surface area contributed by atoms with Crippen LogP contribution in [-0.2, 0) is 13.2 Å². The van der Waals surface area contributed by atoms with Gasteiger partial charge in [0, 0.05) is 19.2 Å². The first kappa shape index (κ1) is 11.3. The van der Waals surface area contributed by atoms with Gasteiger partial charge in [-0.1, -0.05) is 5.21 Å². The molecule has 9 heteroatoms. The molecule has 0 amide bonds. The Labute approximate surface area is 91.8 Å². The molecule has 0 unspecified atom stereocenters. The van der Waals surface area contributed by atoms with Gasteiger partial charge in [-0.3, -0.25) is 10.1 Å². The summed E-state index contributed by atoms with van der Waals surface area (Å²) in [6.45, 7) is 0. The summed E-state index contributed by atoms with van der Waals surface area (Å²) in [6.07, 6.45) is -4.71. The van der Waals surface area contributed by atoms with Crippen molar-refractivity contribution in [2.24, 2.45) is 7.05 Å². The Bertz CT molecular complexity index is 605. The second kappa shape index (κ2) is 3.40. The topological polar surface area (TPSA) is 73.8 Å². The first-order chi connectivity index (χ1) is 7.80. The third-order valence-corrected chi connectivity index (χ3v) is 2.22. The van der Waals surface area contributed by atoms with Crippen LogP contribution in [0.2, 0.25) is 0 Å². The van der Waals surface area contributed by atoms with E-state index in [1.165, 1.54) is 7.05 Å². The van der Waals surface area contributed by atoms with E-state index in [2.05, 4.69) is 10.3 Å². The number of nitro groups is 1. The van der Waals surface area contributed by atoms with Crippen LogP contribution in [0.4, 0.5) is 18.9 Å². The van der Waals surface area contributed by atoms with Crippen LogP contribution in [0.3, 0.4) is 0 Å². The van der Waals surface area contributed by atoms with Crippen LogP contribution in [0.1, 0.15) is 5.56 Å². The second-order valence-corrected chi connectivity index (χ2v) is 3.33. The van der Waals surface area contributed by atoms with E-state index in [1.54, 1.807) is 0 Å². The fraction of sp³-hybridized carbons (Fsp3) is 0.250. The maximum absolute atomic E-state index is 12.7. The van der Waals surface area contributed by atoms with Gasteiger partial charge in [-0.15, -0.1) is 5.10 Å². The molecule has 0 aliphatic carbocycles. The van der Waals surface area contributed by atoms with Gasteiger partial charge in [-0.25, -0.2) is 4.68 Å². The number of alkyl halides is 3. The minimum Gasteiger partial charge on any atom is -0.258 e. The van der Waals surface area contributed by atoms with E-state index in [-0.39, 0.29) is 5.52 Å². The zero-order valence-electron chi connectivity index (χ0n) is 8.39. The van der Waals surface area contributed by atoms with E-state index in [0.29, 0.717) is 6.07 Å². The zero-order valence-corrected chi connectivity index (χ0v) is 8.39. The average molecular weight is 246 g/mol. The van der Waals surface area contributed by atoms with Crippen molar-refractivity contribution in [3.8, 4) is 0 Å². The van der Waals surface area contributed by atoms with Gasteiger partial charge in [0.2, 0.25) is 0 Å². The molecule has 0 N–H and O–H groups in total. The number of aromatic nitrogens is 3. The number of fused-ring (bicyclic) bond motifs is 1. The lowest BCUT2D eigenvalue weighted by molar-refractivity contribution is -0.385. The van der Waals surface area contributed by atoms with E-state index < -0.39 is 27.9 Å². The summed E-state index contributed by atoms with van der Waals surface area (Å²) in [5, 5.41) is 17.3. The molecule has 0 atom stereocenters. The maximum Gasteiger partial charge on any atom is 0.418 e. The number of rotatable bonds is 1. The van der Waals surface area contributed by atoms with Crippen LogP contribution in [0, 0.1) is 10.1 Å². The van der Waals surface area contributed by atoms with Crippen LogP contribution in [0.5, 0.6) is 0 Å². The van der Waals surface area contributed by atoms with Gasteiger partial charge >= 0.3 is 6.18 Å². The monoisotopic (exact) mass is 246 g/mol. The average Bonchev–Trinajstić information content (AvgIpc) is 2.58. The first-order valence-electron chi connectivity index (χ1n) is 4.35. The molecule has 6 nitrogen and oxygen atoms in total. The fourth-order valence-corrected chi connectivity index (χ4v) is 1.44. The predicted molar refractivity (Wildman–Crippen MR) is 50.2 cm³/mol. The largest absolute Gasteiger partial charge is 0.418 e. The smallest absolute Gasteiger partial charge is 0.258 e. The summed E-state index contributed by atoms with van der Waals surface area (Å²) in [4.78, 5) is 9.66. The molecule has 17 heavy (non-hydrogen) atoms. The third kappa shape index (κ3) is 1.79. The lowest BCUT2D eigenvalue weighted by atomic mass is 10.1. The molecular formula is C8H5F3N4O2. The summed E-state index contributed by atoms with van der Waals surface area (Å²) in [7, 11) is 1.36. The highest BCUT2D eigenvalue weighted by atomic mass is 19.4. The van der Waals surface area contributed by atoms with E-state index in [0.717, 1.165) is 10.7 Å². The number of hydrogen-bond acceptors (Lipinski definition) is 4. The minimum absolute atomic E-state index is 0.0356. The van der Waals surface area contributed by atoms with Crippen molar-refractivity contribution in [1.82, 2.24) is 15.0 Å². The van der Waals surface area contributed by atoms with Crippen LogP contribution in [-0.4, -0.2) is 19.9 Å². The lowest BCUT2D eigenvalue weighted by Gasteiger charge is -2.06. The highest BCUT2D eigenvalue weighted by Crippen LogP contribution is 2.36. The van der Waals surface area contributed by atoms with Gasteiger partial charge in [-0.2, -0.15) is 13.2 Å². The quantitative estimate of drug-likeness (QED) is 0.568. The first-order valence-corrected chi connectivity index (χ1v) is 4.35. The molecule has 0 aliphatic heterocycles. The SMILES string of the molecule is Cn1nnc2c(C(F)(F)F)cc([N+](=O)[O-])cc21. The number of benzene rings is 1. The molecule has 0 radical (unpaired) electrons. The lowest BCUT2D eigenvalue weighted by Crippen LogP contribution is -2.07. The van der Waals surface area contributed by atoms with E-state index in [4.69, 9.17) is 0 Å². The van der Waals surface area contributed by atoms with Crippen molar-refractivity contribution in [3.63, 3.8) is 0 Å². The molecule has 90 valence electrons. The number of nitrogens with zero attached hydrogens (tertiary/aromatic N) is 4.